The van der Waals surface area contributed by atoms with E-state index in [1.54, 1.807) is 35.7 Å². The SMILES string of the molecule is O=C(Cc1csc(Nc2cccc(C(F)(F)F)c2)n1)N/N=C\c1ccc(OCc2cccc([N+](=O)[O-])c2)c(Cl)c1. The van der Waals surface area contributed by atoms with Gasteiger partial charge in [-0.1, -0.05) is 29.8 Å². The van der Waals surface area contributed by atoms with Crippen molar-refractivity contribution in [2.24, 2.45) is 5.10 Å². The molecule has 0 aliphatic carbocycles. The smallest absolute Gasteiger partial charge is 0.416 e. The number of nitro benzene ring substituents is 1. The van der Waals surface area contributed by atoms with Crippen LogP contribution in [0.3, 0.4) is 0 Å². The summed E-state index contributed by atoms with van der Waals surface area (Å²) in [6, 6.07) is 15.6. The van der Waals surface area contributed by atoms with E-state index in [-0.39, 0.29) is 29.4 Å². The molecule has 9 nitrogen and oxygen atoms in total. The molecule has 0 aliphatic heterocycles. The molecule has 0 saturated carbocycles. The van der Waals surface area contributed by atoms with Gasteiger partial charge in [-0.25, -0.2) is 10.4 Å². The van der Waals surface area contributed by atoms with Crippen LogP contribution >= 0.6 is 22.9 Å². The van der Waals surface area contributed by atoms with Crippen molar-refractivity contribution in [3.05, 3.63) is 110 Å². The molecule has 0 saturated heterocycles. The predicted octanol–water partition coefficient (Wildman–Crippen LogP) is 6.74. The topological polar surface area (TPSA) is 119 Å². The zero-order chi connectivity index (χ0) is 28.7. The third kappa shape index (κ3) is 8.01. The van der Waals surface area contributed by atoms with E-state index in [0.717, 1.165) is 23.5 Å². The summed E-state index contributed by atoms with van der Waals surface area (Å²) < 4.78 is 44.3. The molecule has 0 fully saturated rings. The van der Waals surface area contributed by atoms with Gasteiger partial charge in [0.1, 0.15) is 12.4 Å². The maximum Gasteiger partial charge on any atom is 0.416 e. The second-order valence-corrected chi connectivity index (χ2v) is 9.49. The monoisotopic (exact) mass is 589 g/mol. The minimum absolute atomic E-state index is 0.0390. The fourth-order valence-electron chi connectivity index (χ4n) is 3.36. The van der Waals surface area contributed by atoms with E-state index >= 15 is 0 Å². The highest BCUT2D eigenvalue weighted by Crippen LogP contribution is 2.32. The van der Waals surface area contributed by atoms with Crippen LogP contribution < -0.4 is 15.5 Å². The van der Waals surface area contributed by atoms with Gasteiger partial charge >= 0.3 is 6.18 Å². The molecule has 4 aromatic rings. The van der Waals surface area contributed by atoms with Crippen molar-refractivity contribution in [1.29, 1.82) is 0 Å². The van der Waals surface area contributed by atoms with E-state index in [0.29, 0.717) is 27.7 Å². The fourth-order valence-corrected chi connectivity index (χ4v) is 4.33. The summed E-state index contributed by atoms with van der Waals surface area (Å²) in [5, 5.41) is 19.9. The number of hydrogen-bond donors (Lipinski definition) is 2. The maximum absolute atomic E-state index is 12.9. The second-order valence-electron chi connectivity index (χ2n) is 8.22. The van der Waals surface area contributed by atoms with Gasteiger partial charge in [-0.05, 0) is 47.5 Å². The standard InChI is InChI=1S/C26H19ClF3N5O4S/c27-22-10-16(7-8-23(22)39-14-17-3-1-6-21(9-17)35(37)38)13-31-34-24(36)12-20-15-40-25(33-20)32-19-5-2-4-18(11-19)26(28,29)30/h1-11,13,15H,12,14H2,(H,32,33)(H,34,36)/b31-13-. The van der Waals surface area contributed by atoms with E-state index in [2.05, 4.69) is 20.8 Å². The summed E-state index contributed by atoms with van der Waals surface area (Å²) in [6.07, 6.45) is -3.17. The van der Waals surface area contributed by atoms with Crippen molar-refractivity contribution < 1.29 is 27.6 Å². The molecule has 0 unspecified atom stereocenters. The Hall–Kier alpha value is -4.49. The third-order valence-corrected chi connectivity index (χ3v) is 6.31. The number of carbonyl (C=O) groups excluding carboxylic acids is 1. The molecule has 0 atom stereocenters. The van der Waals surface area contributed by atoms with Crippen molar-refractivity contribution in [2.45, 2.75) is 19.2 Å². The Morgan fingerprint density at radius 2 is 1.95 bits per heavy atom. The highest BCUT2D eigenvalue weighted by Gasteiger charge is 2.30. The van der Waals surface area contributed by atoms with Gasteiger partial charge in [-0.2, -0.15) is 18.3 Å². The summed E-state index contributed by atoms with van der Waals surface area (Å²) in [7, 11) is 0. The van der Waals surface area contributed by atoms with Crippen LogP contribution in [0, 0.1) is 10.1 Å². The van der Waals surface area contributed by atoms with Crippen LogP contribution in [-0.2, 0) is 24.0 Å². The highest BCUT2D eigenvalue weighted by molar-refractivity contribution is 7.13. The van der Waals surface area contributed by atoms with Crippen LogP contribution in [0.1, 0.15) is 22.4 Å². The Morgan fingerprint density at radius 3 is 2.70 bits per heavy atom. The van der Waals surface area contributed by atoms with E-state index in [1.807, 2.05) is 0 Å². The quantitative estimate of drug-likeness (QED) is 0.120. The second kappa shape index (κ2) is 12.6. The molecule has 40 heavy (non-hydrogen) atoms. The molecule has 1 heterocycles. The van der Waals surface area contributed by atoms with Crippen LogP contribution in [0.5, 0.6) is 5.75 Å². The number of nitrogens with zero attached hydrogens (tertiary/aromatic N) is 3. The lowest BCUT2D eigenvalue weighted by atomic mass is 10.2. The minimum Gasteiger partial charge on any atom is -0.487 e. The molecule has 4 rings (SSSR count). The highest BCUT2D eigenvalue weighted by atomic mass is 35.5. The Bertz CT molecular complexity index is 1560. The summed E-state index contributed by atoms with van der Waals surface area (Å²) in [4.78, 5) is 26.9. The number of nitro groups is 1. The van der Waals surface area contributed by atoms with Gasteiger partial charge in [0.15, 0.2) is 5.13 Å². The molecule has 0 radical (unpaired) electrons. The molecule has 3 aromatic carbocycles. The van der Waals surface area contributed by atoms with Gasteiger partial charge in [0, 0.05) is 23.2 Å². The van der Waals surface area contributed by atoms with Crippen LogP contribution in [0.15, 0.2) is 77.2 Å². The van der Waals surface area contributed by atoms with Crippen molar-refractivity contribution in [3.8, 4) is 5.75 Å². The van der Waals surface area contributed by atoms with Crippen molar-refractivity contribution in [2.75, 3.05) is 5.32 Å². The number of benzene rings is 3. The van der Waals surface area contributed by atoms with E-state index in [4.69, 9.17) is 16.3 Å². The number of thiazole rings is 1. The van der Waals surface area contributed by atoms with Crippen LogP contribution in [-0.4, -0.2) is 22.0 Å². The Labute approximate surface area is 234 Å². The average molecular weight is 590 g/mol. The van der Waals surface area contributed by atoms with Gasteiger partial charge in [0.2, 0.25) is 5.91 Å². The number of hydrazone groups is 1. The number of carbonyl (C=O) groups is 1. The van der Waals surface area contributed by atoms with Gasteiger partial charge in [-0.15, -0.1) is 11.3 Å². The van der Waals surface area contributed by atoms with Gasteiger partial charge in [0.05, 0.1) is 33.8 Å². The van der Waals surface area contributed by atoms with Crippen LogP contribution in [0.25, 0.3) is 0 Å². The number of rotatable bonds is 10. The van der Waals surface area contributed by atoms with E-state index in [1.165, 1.54) is 30.5 Å². The van der Waals surface area contributed by atoms with E-state index < -0.39 is 22.6 Å². The largest absolute Gasteiger partial charge is 0.487 e. The number of alkyl halides is 3. The number of nitrogens with one attached hydrogen (secondary N) is 2. The van der Waals surface area contributed by atoms with Gasteiger partial charge in [0.25, 0.3) is 5.69 Å². The molecular weight excluding hydrogens is 571 g/mol. The molecule has 0 spiro atoms. The van der Waals surface area contributed by atoms with Crippen LogP contribution in [0.4, 0.5) is 29.7 Å². The number of amides is 1. The number of aromatic nitrogens is 1. The lowest BCUT2D eigenvalue weighted by Gasteiger charge is -2.09. The number of anilines is 2. The average Bonchev–Trinajstić information content (AvgIpc) is 3.34. The molecule has 0 bridgehead atoms. The van der Waals surface area contributed by atoms with Crippen LogP contribution in [0.2, 0.25) is 5.02 Å². The molecule has 1 amide bonds. The molecule has 0 aliphatic rings. The molecule has 206 valence electrons. The van der Waals surface area contributed by atoms with Crippen molar-refractivity contribution in [1.82, 2.24) is 10.4 Å². The van der Waals surface area contributed by atoms with E-state index in [9.17, 15) is 28.1 Å². The summed E-state index contributed by atoms with van der Waals surface area (Å²) in [6.45, 7) is 0.0820. The lowest BCUT2D eigenvalue weighted by Crippen LogP contribution is -2.19. The minimum atomic E-state index is -4.46. The Kier molecular flexibility index (Phi) is 8.97. The van der Waals surface area contributed by atoms with Crippen molar-refractivity contribution >= 4 is 51.6 Å². The molecule has 2 N–H and O–H groups in total. The lowest BCUT2D eigenvalue weighted by molar-refractivity contribution is -0.384. The first-order valence-corrected chi connectivity index (χ1v) is 12.7. The first-order chi connectivity index (χ1) is 19.1. The number of non-ortho nitro benzene ring substituents is 1. The molecule has 14 heteroatoms. The Balaban J connectivity index is 1.27. The molecular formula is C26H19ClF3N5O4S. The summed E-state index contributed by atoms with van der Waals surface area (Å²) in [5.74, 6) is -0.0809. The van der Waals surface area contributed by atoms with Gasteiger partial charge in [-0.3, -0.25) is 14.9 Å². The number of halogens is 4. The predicted molar refractivity (Wildman–Crippen MR) is 145 cm³/mol. The third-order valence-electron chi connectivity index (χ3n) is 5.21. The number of hydrogen-bond acceptors (Lipinski definition) is 8. The normalized spacial score (nSPS) is 11.4. The number of ether oxygens (including phenoxy) is 1. The zero-order valence-electron chi connectivity index (χ0n) is 20.3. The summed E-state index contributed by atoms with van der Waals surface area (Å²) in [5.41, 5.74) is 3.39. The first kappa shape index (κ1) is 28.5. The molecule has 1 aromatic heterocycles. The first-order valence-electron chi connectivity index (χ1n) is 11.4. The maximum atomic E-state index is 12.9. The zero-order valence-corrected chi connectivity index (χ0v) is 21.9. The Morgan fingerprint density at radius 1 is 1.15 bits per heavy atom. The fraction of sp³-hybridized carbons (Fsp3) is 0.115. The van der Waals surface area contributed by atoms with Crippen molar-refractivity contribution in [3.63, 3.8) is 0 Å². The van der Waals surface area contributed by atoms with Gasteiger partial charge < -0.3 is 10.1 Å². The summed E-state index contributed by atoms with van der Waals surface area (Å²) >= 11 is 7.42.